The predicted octanol–water partition coefficient (Wildman–Crippen LogP) is 2.62. The van der Waals surface area contributed by atoms with E-state index in [2.05, 4.69) is 14.9 Å². The molecular weight excluding hydrogens is 238 g/mol. The summed E-state index contributed by atoms with van der Waals surface area (Å²) in [5.41, 5.74) is 2.62. The third-order valence-electron chi connectivity index (χ3n) is 3.85. The van der Waals surface area contributed by atoms with Crippen LogP contribution in [0.1, 0.15) is 36.0 Å². The molecule has 1 aliphatic heterocycles. The molecule has 1 saturated heterocycles. The number of carbonyl (C=O) groups is 1. The second-order valence-electron chi connectivity index (χ2n) is 5.21. The molecule has 0 bridgehead atoms. The number of imidazole rings is 1. The normalized spacial score (nSPS) is 16.8. The summed E-state index contributed by atoms with van der Waals surface area (Å²) in [5.74, 6) is 0.218. The van der Waals surface area contributed by atoms with Gasteiger partial charge in [0.05, 0.1) is 17.4 Å². The van der Waals surface area contributed by atoms with Crippen molar-refractivity contribution < 1.29 is 4.79 Å². The number of hydrogen-bond donors (Lipinski definition) is 1. The molecule has 19 heavy (non-hydrogen) atoms. The van der Waals surface area contributed by atoms with Crippen molar-refractivity contribution in [1.29, 1.82) is 0 Å². The molecule has 4 nitrogen and oxygen atoms in total. The molecular formula is C15H19N3O. The van der Waals surface area contributed by atoms with Crippen LogP contribution in [0.3, 0.4) is 0 Å². The van der Waals surface area contributed by atoms with Crippen LogP contribution in [0.2, 0.25) is 0 Å². The van der Waals surface area contributed by atoms with Gasteiger partial charge in [-0.3, -0.25) is 4.79 Å². The van der Waals surface area contributed by atoms with Crippen LogP contribution in [0.5, 0.6) is 0 Å². The summed E-state index contributed by atoms with van der Waals surface area (Å²) < 4.78 is 0. The van der Waals surface area contributed by atoms with Crippen molar-refractivity contribution in [2.75, 3.05) is 19.6 Å². The van der Waals surface area contributed by atoms with Crippen molar-refractivity contribution in [2.45, 2.75) is 25.7 Å². The number of likely N-dealkylation sites (tertiary alicyclic amines) is 1. The number of nitrogens with one attached hydrogen (secondary N) is 1. The molecule has 0 radical (unpaired) electrons. The van der Waals surface area contributed by atoms with Crippen LogP contribution in [-0.2, 0) is 0 Å². The van der Waals surface area contributed by atoms with Crippen LogP contribution < -0.4 is 0 Å². The van der Waals surface area contributed by atoms with Gasteiger partial charge in [-0.15, -0.1) is 0 Å². The fraction of sp³-hybridized carbons (Fsp3) is 0.467. The monoisotopic (exact) mass is 257 g/mol. The second kappa shape index (κ2) is 5.53. The first-order valence-electron chi connectivity index (χ1n) is 7.01. The Labute approximate surface area is 112 Å². The van der Waals surface area contributed by atoms with Crippen LogP contribution >= 0.6 is 0 Å². The van der Waals surface area contributed by atoms with E-state index >= 15 is 0 Å². The number of benzene rings is 1. The third kappa shape index (κ3) is 2.84. The highest BCUT2D eigenvalue weighted by Gasteiger charge is 2.13. The van der Waals surface area contributed by atoms with Gasteiger partial charge in [0, 0.05) is 18.5 Å². The maximum atomic E-state index is 12.2. The topological polar surface area (TPSA) is 49.0 Å². The van der Waals surface area contributed by atoms with Gasteiger partial charge in [-0.2, -0.15) is 0 Å². The number of carbonyl (C=O) groups excluding carboxylic acids is 1. The second-order valence-corrected chi connectivity index (χ2v) is 5.21. The molecule has 3 rings (SSSR count). The Morgan fingerprint density at radius 2 is 2.11 bits per heavy atom. The number of fused-ring (bicyclic) bond motifs is 1. The van der Waals surface area contributed by atoms with E-state index in [4.69, 9.17) is 0 Å². The van der Waals surface area contributed by atoms with E-state index in [1.165, 1.54) is 19.3 Å². The number of hydrogen-bond acceptors (Lipinski definition) is 3. The van der Waals surface area contributed by atoms with Crippen molar-refractivity contribution >= 4 is 16.8 Å². The molecule has 0 spiro atoms. The number of nitrogens with zero attached hydrogens (tertiary/aromatic N) is 2. The lowest BCUT2D eigenvalue weighted by atomic mass is 10.1. The van der Waals surface area contributed by atoms with Crippen molar-refractivity contribution in [3.05, 3.63) is 30.1 Å². The Morgan fingerprint density at radius 3 is 2.95 bits per heavy atom. The SMILES string of the molecule is O=C(CCN1CCCCC1)c1ccc2[nH]cnc2c1. The highest BCUT2D eigenvalue weighted by atomic mass is 16.1. The molecule has 0 saturated carbocycles. The van der Waals surface area contributed by atoms with Crippen LogP contribution in [0, 0.1) is 0 Å². The summed E-state index contributed by atoms with van der Waals surface area (Å²) in [6, 6.07) is 5.69. The van der Waals surface area contributed by atoms with Crippen LogP contribution in [0.15, 0.2) is 24.5 Å². The highest BCUT2D eigenvalue weighted by Crippen LogP contribution is 2.14. The zero-order chi connectivity index (χ0) is 13.1. The van der Waals surface area contributed by atoms with Gasteiger partial charge < -0.3 is 9.88 Å². The number of rotatable bonds is 4. The van der Waals surface area contributed by atoms with Gasteiger partial charge in [0.25, 0.3) is 0 Å². The lowest BCUT2D eigenvalue weighted by molar-refractivity contribution is 0.0959. The average molecular weight is 257 g/mol. The van der Waals surface area contributed by atoms with E-state index in [0.717, 1.165) is 36.2 Å². The minimum atomic E-state index is 0.218. The minimum absolute atomic E-state index is 0.218. The summed E-state index contributed by atoms with van der Waals surface area (Å²) in [6.07, 6.45) is 6.14. The molecule has 1 aliphatic rings. The van der Waals surface area contributed by atoms with Gasteiger partial charge in [-0.25, -0.2) is 4.98 Å². The number of ketones is 1. The molecule has 0 atom stereocenters. The van der Waals surface area contributed by atoms with E-state index < -0.39 is 0 Å². The Bertz CT molecular complexity index is 570. The molecule has 4 heteroatoms. The van der Waals surface area contributed by atoms with Gasteiger partial charge in [0.1, 0.15) is 0 Å². The predicted molar refractivity (Wildman–Crippen MR) is 75.3 cm³/mol. The fourth-order valence-electron chi connectivity index (χ4n) is 2.69. The number of aromatic amines is 1. The standard InChI is InChI=1S/C15H19N3O/c19-15(6-9-18-7-2-1-3-8-18)12-4-5-13-14(10-12)17-11-16-13/h4-5,10-11H,1-3,6-9H2,(H,16,17). The molecule has 1 fully saturated rings. The number of piperidine rings is 1. The van der Waals surface area contributed by atoms with E-state index in [9.17, 15) is 4.79 Å². The van der Waals surface area contributed by atoms with Crippen molar-refractivity contribution in [3.63, 3.8) is 0 Å². The Balaban J connectivity index is 1.62. The zero-order valence-electron chi connectivity index (χ0n) is 11.1. The van der Waals surface area contributed by atoms with Crippen molar-refractivity contribution in [2.24, 2.45) is 0 Å². The van der Waals surface area contributed by atoms with Crippen LogP contribution in [0.25, 0.3) is 11.0 Å². The molecule has 2 aromatic rings. The summed E-state index contributed by atoms with van der Waals surface area (Å²) in [4.78, 5) is 21.8. The van der Waals surface area contributed by atoms with E-state index in [-0.39, 0.29) is 5.78 Å². The Kier molecular flexibility index (Phi) is 3.60. The van der Waals surface area contributed by atoms with Gasteiger partial charge in [0.2, 0.25) is 0 Å². The zero-order valence-corrected chi connectivity index (χ0v) is 11.1. The summed E-state index contributed by atoms with van der Waals surface area (Å²) in [5, 5.41) is 0. The third-order valence-corrected chi connectivity index (χ3v) is 3.85. The van der Waals surface area contributed by atoms with Gasteiger partial charge in [0.15, 0.2) is 5.78 Å². The summed E-state index contributed by atoms with van der Waals surface area (Å²) >= 11 is 0. The highest BCUT2D eigenvalue weighted by molar-refractivity contribution is 5.98. The number of H-pyrrole nitrogens is 1. The fourth-order valence-corrected chi connectivity index (χ4v) is 2.69. The maximum Gasteiger partial charge on any atom is 0.164 e. The Morgan fingerprint density at radius 1 is 1.26 bits per heavy atom. The lowest BCUT2D eigenvalue weighted by Gasteiger charge is -2.25. The van der Waals surface area contributed by atoms with Crippen LogP contribution in [-0.4, -0.2) is 40.3 Å². The smallest absolute Gasteiger partial charge is 0.164 e. The first-order chi connectivity index (χ1) is 9.33. The Hall–Kier alpha value is -1.68. The van der Waals surface area contributed by atoms with Crippen molar-refractivity contribution in [3.8, 4) is 0 Å². The molecule has 0 amide bonds. The van der Waals surface area contributed by atoms with Crippen molar-refractivity contribution in [1.82, 2.24) is 14.9 Å². The minimum Gasteiger partial charge on any atom is -0.345 e. The van der Waals surface area contributed by atoms with E-state index in [1.807, 2.05) is 18.2 Å². The average Bonchev–Trinajstić information content (AvgIpc) is 2.93. The van der Waals surface area contributed by atoms with Gasteiger partial charge >= 0.3 is 0 Å². The molecule has 1 aromatic heterocycles. The van der Waals surface area contributed by atoms with Gasteiger partial charge in [-0.05, 0) is 44.1 Å². The number of aromatic nitrogens is 2. The van der Waals surface area contributed by atoms with E-state index in [1.54, 1.807) is 6.33 Å². The molecule has 100 valence electrons. The molecule has 1 aromatic carbocycles. The quantitative estimate of drug-likeness (QED) is 0.857. The first kappa shape index (κ1) is 12.4. The summed E-state index contributed by atoms with van der Waals surface area (Å²) in [7, 11) is 0. The lowest BCUT2D eigenvalue weighted by Crippen LogP contribution is -2.31. The van der Waals surface area contributed by atoms with E-state index in [0.29, 0.717) is 6.42 Å². The molecule has 2 heterocycles. The van der Waals surface area contributed by atoms with Gasteiger partial charge in [-0.1, -0.05) is 6.42 Å². The molecule has 0 aliphatic carbocycles. The number of Topliss-reactive ketones (excluding diaryl/α,β-unsaturated/α-hetero) is 1. The first-order valence-corrected chi connectivity index (χ1v) is 7.01. The molecule has 1 N–H and O–H groups in total. The van der Waals surface area contributed by atoms with Crippen LogP contribution in [0.4, 0.5) is 0 Å². The molecule has 0 unspecified atom stereocenters. The summed E-state index contributed by atoms with van der Waals surface area (Å²) in [6.45, 7) is 3.18. The largest absolute Gasteiger partial charge is 0.345 e. The maximum absolute atomic E-state index is 12.2.